The molecule has 146 valence electrons. The lowest BCUT2D eigenvalue weighted by molar-refractivity contribution is -0.138. The molecule has 1 aromatic rings. The van der Waals surface area contributed by atoms with Crippen molar-refractivity contribution in [3.63, 3.8) is 0 Å². The Morgan fingerprint density at radius 1 is 1.00 bits per heavy atom. The van der Waals surface area contributed by atoms with Crippen LogP contribution in [0.4, 0.5) is 4.79 Å². The third-order valence-corrected chi connectivity index (χ3v) is 5.85. The zero-order valence-electron chi connectivity index (χ0n) is 15.8. The highest BCUT2D eigenvalue weighted by molar-refractivity contribution is 5.80. The maximum Gasteiger partial charge on any atom is 0.317 e. The number of carbonyl (C=O) groups is 2. The molecule has 1 N–H and O–H groups in total. The largest absolute Gasteiger partial charge is 0.340 e. The van der Waals surface area contributed by atoms with Crippen molar-refractivity contribution in [2.75, 3.05) is 39.3 Å². The molecule has 0 unspecified atom stereocenters. The molecule has 2 saturated heterocycles. The second kappa shape index (κ2) is 8.25. The van der Waals surface area contributed by atoms with E-state index in [4.69, 9.17) is 0 Å². The minimum atomic E-state index is 0.0485. The van der Waals surface area contributed by atoms with Gasteiger partial charge in [-0.05, 0) is 37.3 Å². The number of likely N-dealkylation sites (tertiary alicyclic amines) is 1. The zero-order chi connectivity index (χ0) is 18.6. The van der Waals surface area contributed by atoms with Crippen LogP contribution >= 0.6 is 0 Å². The first-order valence-corrected chi connectivity index (χ1v) is 10.1. The zero-order valence-corrected chi connectivity index (χ0v) is 15.8. The first-order chi connectivity index (χ1) is 13.2. The summed E-state index contributed by atoms with van der Waals surface area (Å²) in [4.78, 5) is 35.4. The van der Waals surface area contributed by atoms with Crippen LogP contribution in [-0.4, -0.2) is 76.9 Å². The van der Waals surface area contributed by atoms with Gasteiger partial charge < -0.3 is 15.1 Å². The molecular weight excluding hydrogens is 342 g/mol. The fraction of sp³-hybridized carbons (Fsp3) is 0.650. The number of nitrogens with one attached hydrogen (secondary N) is 1. The smallest absolute Gasteiger partial charge is 0.317 e. The number of amides is 3. The van der Waals surface area contributed by atoms with Gasteiger partial charge in [0.15, 0.2) is 0 Å². The number of nitrogens with zero attached hydrogens (tertiary/aromatic N) is 4. The minimum absolute atomic E-state index is 0.0485. The normalized spacial score (nSPS) is 21.9. The SMILES string of the molecule is O=C(NC1CC1)N1CCC(C(=O)N2CCN(Cc3cccnc3)CC2)CC1. The molecule has 2 aliphatic heterocycles. The highest BCUT2D eigenvalue weighted by atomic mass is 16.2. The molecule has 0 radical (unpaired) electrons. The van der Waals surface area contributed by atoms with E-state index in [2.05, 4.69) is 21.3 Å². The van der Waals surface area contributed by atoms with E-state index in [0.29, 0.717) is 19.1 Å². The van der Waals surface area contributed by atoms with Crippen molar-refractivity contribution in [1.82, 2.24) is 25.0 Å². The van der Waals surface area contributed by atoms with Crippen LogP contribution in [0.1, 0.15) is 31.2 Å². The third kappa shape index (κ3) is 4.77. The van der Waals surface area contributed by atoms with E-state index in [1.54, 1.807) is 6.20 Å². The Kier molecular flexibility index (Phi) is 5.57. The van der Waals surface area contributed by atoms with Gasteiger partial charge >= 0.3 is 6.03 Å². The Labute approximate surface area is 160 Å². The van der Waals surface area contributed by atoms with E-state index in [-0.39, 0.29) is 17.9 Å². The molecule has 7 nitrogen and oxygen atoms in total. The summed E-state index contributed by atoms with van der Waals surface area (Å²) in [6.07, 6.45) is 7.48. The van der Waals surface area contributed by atoms with Crippen molar-refractivity contribution >= 4 is 11.9 Å². The number of piperidine rings is 1. The Morgan fingerprint density at radius 2 is 1.74 bits per heavy atom. The Morgan fingerprint density at radius 3 is 2.37 bits per heavy atom. The lowest BCUT2D eigenvalue weighted by atomic mass is 9.95. The standard InChI is InChI=1S/C20H29N5O2/c26-19(17-5-8-25(9-6-17)20(27)22-18-3-4-18)24-12-10-23(11-13-24)15-16-2-1-7-21-14-16/h1-2,7,14,17-18H,3-6,8-13,15H2,(H,22,27). The van der Waals surface area contributed by atoms with Crippen LogP contribution in [0.15, 0.2) is 24.5 Å². The van der Waals surface area contributed by atoms with Crippen LogP contribution in [0.5, 0.6) is 0 Å². The lowest BCUT2D eigenvalue weighted by Gasteiger charge is -2.38. The average Bonchev–Trinajstić information content (AvgIpc) is 3.53. The second-order valence-corrected chi connectivity index (χ2v) is 7.95. The fourth-order valence-corrected chi connectivity index (χ4v) is 3.96. The van der Waals surface area contributed by atoms with Gasteiger partial charge in [0.05, 0.1) is 0 Å². The molecule has 0 atom stereocenters. The maximum atomic E-state index is 12.9. The van der Waals surface area contributed by atoms with Gasteiger partial charge in [-0.1, -0.05) is 6.07 Å². The Balaban J connectivity index is 1.20. The highest BCUT2D eigenvalue weighted by Gasteiger charge is 2.33. The summed E-state index contributed by atoms with van der Waals surface area (Å²) in [6, 6.07) is 4.50. The molecule has 7 heteroatoms. The van der Waals surface area contributed by atoms with Crippen LogP contribution in [0.2, 0.25) is 0 Å². The first-order valence-electron chi connectivity index (χ1n) is 10.1. The van der Waals surface area contributed by atoms with Gasteiger partial charge in [0.1, 0.15) is 0 Å². The highest BCUT2D eigenvalue weighted by Crippen LogP contribution is 2.23. The number of hydrogen-bond acceptors (Lipinski definition) is 4. The maximum absolute atomic E-state index is 12.9. The van der Waals surface area contributed by atoms with E-state index < -0.39 is 0 Å². The molecule has 0 spiro atoms. The first kappa shape index (κ1) is 18.2. The minimum Gasteiger partial charge on any atom is -0.340 e. The summed E-state index contributed by atoms with van der Waals surface area (Å²) >= 11 is 0. The van der Waals surface area contributed by atoms with Crippen LogP contribution in [0.25, 0.3) is 0 Å². The summed E-state index contributed by atoms with van der Waals surface area (Å²) in [5, 5.41) is 3.04. The van der Waals surface area contributed by atoms with Crippen molar-refractivity contribution in [2.45, 2.75) is 38.3 Å². The van der Waals surface area contributed by atoms with E-state index in [1.807, 2.05) is 22.1 Å². The van der Waals surface area contributed by atoms with E-state index >= 15 is 0 Å². The molecule has 3 aliphatic rings. The monoisotopic (exact) mass is 371 g/mol. The summed E-state index contributed by atoms with van der Waals surface area (Å²) in [5.41, 5.74) is 1.22. The molecule has 3 heterocycles. The number of aromatic nitrogens is 1. The topological polar surface area (TPSA) is 68.8 Å². The van der Waals surface area contributed by atoms with Gasteiger partial charge in [0.25, 0.3) is 0 Å². The predicted molar refractivity (Wildman–Crippen MR) is 102 cm³/mol. The molecule has 1 aromatic heterocycles. The van der Waals surface area contributed by atoms with Crippen molar-refractivity contribution in [1.29, 1.82) is 0 Å². The lowest BCUT2D eigenvalue weighted by Crippen LogP contribution is -2.52. The second-order valence-electron chi connectivity index (χ2n) is 7.95. The number of urea groups is 1. The molecule has 3 amide bonds. The average molecular weight is 371 g/mol. The van der Waals surface area contributed by atoms with Crippen LogP contribution < -0.4 is 5.32 Å². The van der Waals surface area contributed by atoms with Gasteiger partial charge in [0, 0.05) is 70.2 Å². The van der Waals surface area contributed by atoms with Crippen molar-refractivity contribution in [2.24, 2.45) is 5.92 Å². The molecule has 0 aromatic carbocycles. The number of carbonyl (C=O) groups excluding carboxylic acids is 2. The molecular formula is C20H29N5O2. The van der Waals surface area contributed by atoms with Crippen LogP contribution in [0.3, 0.4) is 0 Å². The molecule has 27 heavy (non-hydrogen) atoms. The molecule has 4 rings (SSSR count). The molecule has 0 bridgehead atoms. The summed E-state index contributed by atoms with van der Waals surface area (Å²) < 4.78 is 0. The van der Waals surface area contributed by atoms with Gasteiger partial charge in [-0.3, -0.25) is 14.7 Å². The number of pyridine rings is 1. The quantitative estimate of drug-likeness (QED) is 0.867. The van der Waals surface area contributed by atoms with Gasteiger partial charge in [-0.15, -0.1) is 0 Å². The predicted octanol–water partition coefficient (Wildman–Crippen LogP) is 1.31. The van der Waals surface area contributed by atoms with E-state index in [1.165, 1.54) is 5.56 Å². The molecule has 1 saturated carbocycles. The Hall–Kier alpha value is -2.15. The number of hydrogen-bond donors (Lipinski definition) is 1. The third-order valence-electron chi connectivity index (χ3n) is 5.85. The molecule has 3 fully saturated rings. The number of piperazine rings is 1. The van der Waals surface area contributed by atoms with Crippen molar-refractivity contribution < 1.29 is 9.59 Å². The van der Waals surface area contributed by atoms with Gasteiger partial charge in [0.2, 0.25) is 5.91 Å². The summed E-state index contributed by atoms with van der Waals surface area (Å²) in [6.45, 7) is 5.67. The number of rotatable bonds is 4. The van der Waals surface area contributed by atoms with Gasteiger partial charge in [-0.2, -0.15) is 0 Å². The van der Waals surface area contributed by atoms with Gasteiger partial charge in [-0.25, -0.2) is 4.79 Å². The van der Waals surface area contributed by atoms with E-state index in [9.17, 15) is 9.59 Å². The van der Waals surface area contributed by atoms with Crippen LogP contribution in [0, 0.1) is 5.92 Å². The summed E-state index contributed by atoms with van der Waals surface area (Å²) in [7, 11) is 0. The van der Waals surface area contributed by atoms with E-state index in [0.717, 1.165) is 58.4 Å². The van der Waals surface area contributed by atoms with Crippen molar-refractivity contribution in [3.8, 4) is 0 Å². The Bertz CT molecular complexity index is 648. The van der Waals surface area contributed by atoms with Crippen LogP contribution in [-0.2, 0) is 11.3 Å². The fourth-order valence-electron chi connectivity index (χ4n) is 3.96. The molecule has 1 aliphatic carbocycles. The van der Waals surface area contributed by atoms with Crippen molar-refractivity contribution in [3.05, 3.63) is 30.1 Å². The summed E-state index contributed by atoms with van der Waals surface area (Å²) in [5.74, 6) is 0.345.